The highest BCUT2D eigenvalue weighted by Gasteiger charge is 2.32. The third-order valence-electron chi connectivity index (χ3n) is 5.86. The number of hydrogen-bond donors (Lipinski definition) is 0. The first-order valence-corrected chi connectivity index (χ1v) is 11.0. The van der Waals surface area contributed by atoms with Crippen molar-refractivity contribution in [1.29, 1.82) is 0 Å². The van der Waals surface area contributed by atoms with Crippen molar-refractivity contribution in [3.8, 4) is 0 Å². The van der Waals surface area contributed by atoms with Gasteiger partial charge >= 0.3 is 0 Å². The Hall–Kier alpha value is -3.78. The summed E-state index contributed by atoms with van der Waals surface area (Å²) in [6.45, 7) is 0. The predicted octanol–water partition coefficient (Wildman–Crippen LogP) is 6.64. The highest BCUT2D eigenvalue weighted by atomic mass is 16.1. The van der Waals surface area contributed by atoms with Crippen LogP contribution in [0.2, 0.25) is 0 Å². The molecule has 0 aliphatic carbocycles. The molecule has 0 aromatic heterocycles. The smallest absolute Gasteiger partial charge is 0.163 e. The highest BCUT2D eigenvalue weighted by molar-refractivity contribution is 5.97. The summed E-state index contributed by atoms with van der Waals surface area (Å²) in [6.07, 6.45) is 0.609. The van der Waals surface area contributed by atoms with E-state index >= 15 is 0 Å². The normalized spacial score (nSPS) is 12.6. The summed E-state index contributed by atoms with van der Waals surface area (Å²) in [5.41, 5.74) is 3.62. The molecule has 0 spiro atoms. The van der Waals surface area contributed by atoms with Gasteiger partial charge in [-0.15, -0.1) is 0 Å². The molecule has 2 nitrogen and oxygen atoms in total. The van der Waals surface area contributed by atoms with Gasteiger partial charge in [-0.25, -0.2) is 0 Å². The van der Waals surface area contributed by atoms with Gasteiger partial charge in [-0.05, 0) is 16.7 Å². The third kappa shape index (κ3) is 5.28. The maximum atomic E-state index is 13.7. The summed E-state index contributed by atoms with van der Waals surface area (Å²) < 4.78 is 0. The van der Waals surface area contributed by atoms with Crippen LogP contribution in [0.3, 0.4) is 0 Å². The van der Waals surface area contributed by atoms with Gasteiger partial charge in [-0.2, -0.15) is 0 Å². The number of ketones is 2. The van der Waals surface area contributed by atoms with E-state index < -0.39 is 5.92 Å². The molecule has 2 atom stereocenters. The van der Waals surface area contributed by atoms with Crippen LogP contribution in [0.25, 0.3) is 0 Å². The van der Waals surface area contributed by atoms with E-state index in [1.54, 1.807) is 0 Å². The summed E-state index contributed by atoms with van der Waals surface area (Å²) in [7, 11) is 0. The van der Waals surface area contributed by atoms with Gasteiger partial charge in [0.05, 0.1) is 5.92 Å². The Bertz CT molecular complexity index is 1140. The van der Waals surface area contributed by atoms with Crippen molar-refractivity contribution >= 4 is 11.6 Å². The Morgan fingerprint density at radius 3 is 1.59 bits per heavy atom. The summed E-state index contributed by atoms with van der Waals surface area (Å²) in [4.78, 5) is 27.0. The zero-order valence-corrected chi connectivity index (χ0v) is 17.9. The minimum Gasteiger partial charge on any atom is -0.299 e. The average Bonchev–Trinajstić information content (AvgIpc) is 2.86. The van der Waals surface area contributed by atoms with E-state index in [4.69, 9.17) is 0 Å². The van der Waals surface area contributed by atoms with E-state index in [1.807, 2.05) is 121 Å². The van der Waals surface area contributed by atoms with Crippen molar-refractivity contribution < 1.29 is 9.59 Å². The van der Waals surface area contributed by atoms with E-state index in [0.717, 1.165) is 16.7 Å². The summed E-state index contributed by atoms with van der Waals surface area (Å²) in [5, 5.41) is 0. The predicted molar refractivity (Wildman–Crippen MR) is 129 cm³/mol. The molecule has 4 aromatic carbocycles. The molecule has 0 fully saturated rings. The summed E-state index contributed by atoms with van der Waals surface area (Å²) >= 11 is 0. The Balaban J connectivity index is 1.74. The van der Waals surface area contributed by atoms with E-state index in [1.165, 1.54) is 0 Å². The van der Waals surface area contributed by atoms with Gasteiger partial charge in [0.2, 0.25) is 0 Å². The van der Waals surface area contributed by atoms with E-state index in [-0.39, 0.29) is 23.9 Å². The van der Waals surface area contributed by atoms with Gasteiger partial charge in [0, 0.05) is 24.3 Å². The van der Waals surface area contributed by atoms with Crippen molar-refractivity contribution in [1.82, 2.24) is 0 Å². The molecule has 0 saturated heterocycles. The molecule has 0 N–H and O–H groups in total. The van der Waals surface area contributed by atoms with Crippen LogP contribution in [0.4, 0.5) is 0 Å². The molecule has 0 amide bonds. The lowest BCUT2D eigenvalue weighted by Crippen LogP contribution is -2.24. The number of carbonyl (C=O) groups is 2. The second kappa shape index (κ2) is 10.5. The van der Waals surface area contributed by atoms with Gasteiger partial charge in [0.1, 0.15) is 5.78 Å². The van der Waals surface area contributed by atoms with Gasteiger partial charge in [0.15, 0.2) is 5.78 Å². The largest absolute Gasteiger partial charge is 0.299 e. The lowest BCUT2D eigenvalue weighted by molar-refractivity contribution is -0.120. The number of carbonyl (C=O) groups excluding carboxylic acids is 2. The third-order valence-corrected chi connectivity index (χ3v) is 5.86. The van der Waals surface area contributed by atoms with Crippen LogP contribution in [0.1, 0.15) is 45.3 Å². The number of rotatable bonds is 9. The fourth-order valence-corrected chi connectivity index (χ4v) is 4.28. The van der Waals surface area contributed by atoms with Gasteiger partial charge in [-0.1, -0.05) is 121 Å². The number of Topliss-reactive ketones (excluding diaryl/α,β-unsaturated/α-hetero) is 2. The number of benzene rings is 4. The van der Waals surface area contributed by atoms with Crippen LogP contribution in [-0.2, 0) is 11.2 Å². The second-order valence-electron chi connectivity index (χ2n) is 8.03. The maximum Gasteiger partial charge on any atom is 0.163 e. The van der Waals surface area contributed by atoms with Gasteiger partial charge in [-0.3, -0.25) is 9.59 Å². The molecule has 0 heterocycles. The Morgan fingerprint density at radius 2 is 1.03 bits per heavy atom. The van der Waals surface area contributed by atoms with Gasteiger partial charge < -0.3 is 0 Å². The monoisotopic (exact) mass is 418 g/mol. The van der Waals surface area contributed by atoms with Crippen molar-refractivity contribution in [2.45, 2.75) is 24.7 Å². The summed E-state index contributed by atoms with van der Waals surface area (Å²) in [6, 6.07) is 39.0. The van der Waals surface area contributed by atoms with E-state index in [0.29, 0.717) is 12.0 Å². The molecule has 0 radical (unpaired) electrons. The maximum absolute atomic E-state index is 13.7. The fourth-order valence-electron chi connectivity index (χ4n) is 4.28. The minimum atomic E-state index is -0.411. The molecule has 0 aliphatic heterocycles. The first kappa shape index (κ1) is 21.5. The quantitative estimate of drug-likeness (QED) is 0.286. The molecule has 158 valence electrons. The SMILES string of the molecule is O=C(C[C@H](c1ccccc1)[C@@H](C(=O)Cc1ccccc1)c1ccccc1)c1ccccc1. The van der Waals surface area contributed by atoms with Crippen molar-refractivity contribution in [3.63, 3.8) is 0 Å². The van der Waals surface area contributed by atoms with Crippen molar-refractivity contribution in [2.75, 3.05) is 0 Å². The molecular formula is C30H26O2. The molecule has 0 saturated carbocycles. The van der Waals surface area contributed by atoms with E-state index in [9.17, 15) is 9.59 Å². The van der Waals surface area contributed by atoms with Crippen LogP contribution in [0, 0.1) is 0 Å². The van der Waals surface area contributed by atoms with Crippen molar-refractivity contribution in [2.24, 2.45) is 0 Å². The summed E-state index contributed by atoms with van der Waals surface area (Å²) in [5.74, 6) is -0.487. The fraction of sp³-hybridized carbons (Fsp3) is 0.133. The van der Waals surface area contributed by atoms with Gasteiger partial charge in [0.25, 0.3) is 0 Å². The molecule has 0 bridgehead atoms. The van der Waals surface area contributed by atoms with Crippen LogP contribution in [0.15, 0.2) is 121 Å². The van der Waals surface area contributed by atoms with Crippen LogP contribution in [0.5, 0.6) is 0 Å². The lowest BCUT2D eigenvalue weighted by atomic mass is 9.74. The zero-order chi connectivity index (χ0) is 22.2. The first-order valence-electron chi connectivity index (χ1n) is 11.0. The molecule has 32 heavy (non-hydrogen) atoms. The lowest BCUT2D eigenvalue weighted by Gasteiger charge is -2.27. The Morgan fingerprint density at radius 1 is 0.562 bits per heavy atom. The molecule has 2 heteroatoms. The topological polar surface area (TPSA) is 34.1 Å². The van der Waals surface area contributed by atoms with Crippen LogP contribution in [-0.4, -0.2) is 11.6 Å². The molecule has 0 aliphatic rings. The van der Waals surface area contributed by atoms with E-state index in [2.05, 4.69) is 0 Å². The van der Waals surface area contributed by atoms with Crippen LogP contribution >= 0.6 is 0 Å². The average molecular weight is 419 g/mol. The Kier molecular flexibility index (Phi) is 7.04. The number of hydrogen-bond acceptors (Lipinski definition) is 2. The molecule has 0 unspecified atom stereocenters. The Labute approximate surface area is 189 Å². The first-order chi connectivity index (χ1) is 15.7. The molecule has 4 aromatic rings. The van der Waals surface area contributed by atoms with Crippen LogP contribution < -0.4 is 0 Å². The highest BCUT2D eigenvalue weighted by Crippen LogP contribution is 2.38. The second-order valence-corrected chi connectivity index (χ2v) is 8.03. The minimum absolute atomic E-state index is 0.0490. The zero-order valence-electron chi connectivity index (χ0n) is 17.9. The molecular weight excluding hydrogens is 392 g/mol. The standard InChI is InChI=1S/C30H26O2/c31-28(25-17-9-3-10-18-25)22-27(24-15-7-2-8-16-24)30(26-19-11-4-12-20-26)29(32)21-23-13-5-1-6-14-23/h1-20,27,30H,21-22H2/t27-,30+/m1/s1. The molecule has 4 rings (SSSR count). The van der Waals surface area contributed by atoms with Crippen molar-refractivity contribution in [3.05, 3.63) is 144 Å².